The van der Waals surface area contributed by atoms with Crippen molar-refractivity contribution in [2.75, 3.05) is 13.2 Å². The quantitative estimate of drug-likeness (QED) is 0.348. The number of allylic oxidation sites excluding steroid dienone is 1. The van der Waals surface area contributed by atoms with Gasteiger partial charge in [0, 0.05) is 12.2 Å². The largest absolute Gasteiger partial charge is 0.462 e. The van der Waals surface area contributed by atoms with Gasteiger partial charge >= 0.3 is 11.9 Å². The molecule has 0 fully saturated rings. The summed E-state index contributed by atoms with van der Waals surface area (Å²) in [5.74, 6) is -1.04. The Morgan fingerprint density at radius 1 is 1.00 bits per heavy atom. The number of carbonyl (C=O) groups is 3. The van der Waals surface area contributed by atoms with Crippen molar-refractivity contribution in [3.05, 3.63) is 46.4 Å². The zero-order valence-electron chi connectivity index (χ0n) is 15.7. The minimum atomic E-state index is -0.888. The maximum absolute atomic E-state index is 12.1. The van der Waals surface area contributed by atoms with Crippen LogP contribution in [0.25, 0.3) is 0 Å². The molecule has 0 unspecified atom stereocenters. The molecular formula is C20H26O5S. The lowest BCUT2D eigenvalue weighted by Crippen LogP contribution is -2.16. The molecule has 0 saturated carbocycles. The molecule has 0 atom stereocenters. The summed E-state index contributed by atoms with van der Waals surface area (Å²) in [6, 6.07) is 8.18. The smallest absolute Gasteiger partial charge is 0.374 e. The van der Waals surface area contributed by atoms with Crippen LogP contribution >= 0.6 is 11.8 Å². The van der Waals surface area contributed by atoms with Crippen LogP contribution in [0.3, 0.4) is 0 Å². The van der Waals surface area contributed by atoms with Crippen LogP contribution in [0.15, 0.2) is 35.2 Å². The van der Waals surface area contributed by atoms with Gasteiger partial charge in [-0.1, -0.05) is 44.2 Å². The maximum Gasteiger partial charge on any atom is 0.374 e. The Hall–Kier alpha value is -2.08. The van der Waals surface area contributed by atoms with E-state index in [0.717, 1.165) is 5.56 Å². The Balaban J connectivity index is 2.76. The molecule has 142 valence electrons. The first kappa shape index (κ1) is 22.0. The van der Waals surface area contributed by atoms with Crippen LogP contribution in [0.2, 0.25) is 0 Å². The van der Waals surface area contributed by atoms with Gasteiger partial charge in [0.25, 0.3) is 0 Å². The van der Waals surface area contributed by atoms with Gasteiger partial charge in [-0.05, 0) is 30.9 Å². The van der Waals surface area contributed by atoms with Crippen molar-refractivity contribution in [2.45, 2.75) is 45.8 Å². The fourth-order valence-corrected chi connectivity index (χ4v) is 2.94. The zero-order valence-corrected chi connectivity index (χ0v) is 16.6. The van der Waals surface area contributed by atoms with Crippen molar-refractivity contribution >= 4 is 29.5 Å². The molecule has 6 heteroatoms. The van der Waals surface area contributed by atoms with Gasteiger partial charge in [0.2, 0.25) is 5.78 Å². The molecule has 1 rings (SSSR count). The number of ketones is 1. The molecule has 0 aliphatic rings. The second kappa shape index (κ2) is 11.5. The first-order chi connectivity index (χ1) is 12.4. The third kappa shape index (κ3) is 7.44. The summed E-state index contributed by atoms with van der Waals surface area (Å²) in [5.41, 5.74) is 2.31. The summed E-state index contributed by atoms with van der Waals surface area (Å²) in [6.07, 6.45) is 1.25. The van der Waals surface area contributed by atoms with Crippen LogP contribution in [0.1, 0.15) is 51.2 Å². The van der Waals surface area contributed by atoms with Gasteiger partial charge in [0.1, 0.15) is 0 Å². The van der Waals surface area contributed by atoms with E-state index in [2.05, 4.69) is 30.7 Å². The van der Waals surface area contributed by atoms with E-state index in [1.54, 1.807) is 13.8 Å². The lowest BCUT2D eigenvalue weighted by molar-refractivity contribution is -0.153. The van der Waals surface area contributed by atoms with Gasteiger partial charge in [0.15, 0.2) is 0 Å². The molecule has 0 aliphatic heterocycles. The van der Waals surface area contributed by atoms with Crippen LogP contribution in [0, 0.1) is 0 Å². The molecule has 0 saturated heterocycles. The van der Waals surface area contributed by atoms with Crippen LogP contribution in [0.5, 0.6) is 0 Å². The summed E-state index contributed by atoms with van der Waals surface area (Å²) in [5, 5.41) is 0. The van der Waals surface area contributed by atoms with Crippen molar-refractivity contribution in [2.24, 2.45) is 0 Å². The average molecular weight is 378 g/mol. The highest BCUT2D eigenvalue weighted by molar-refractivity contribution is 8.03. The number of Topliss-reactive ketones (excluding diaryl/α,β-unsaturated/α-hetero) is 1. The van der Waals surface area contributed by atoms with Gasteiger partial charge in [-0.15, -0.1) is 11.8 Å². The predicted octanol–water partition coefficient (Wildman–Crippen LogP) is 4.01. The SMILES string of the molecule is CCOC(=O)C(=O)CC=C(SCc1ccc(C(C)C)cc1)C(=O)OCC. The van der Waals surface area contributed by atoms with Gasteiger partial charge in [-0.3, -0.25) is 4.79 Å². The third-order valence-corrected chi connectivity index (χ3v) is 4.62. The van der Waals surface area contributed by atoms with Crippen molar-refractivity contribution in [3.8, 4) is 0 Å². The second-order valence-corrected chi connectivity index (χ2v) is 6.84. The number of benzene rings is 1. The first-order valence-corrected chi connectivity index (χ1v) is 9.66. The minimum Gasteiger partial charge on any atom is -0.462 e. The summed E-state index contributed by atoms with van der Waals surface area (Å²) < 4.78 is 9.69. The molecule has 0 aromatic heterocycles. The number of ether oxygens (including phenoxy) is 2. The zero-order chi connectivity index (χ0) is 19.5. The molecule has 0 spiro atoms. The summed E-state index contributed by atoms with van der Waals surface area (Å²) in [4.78, 5) is 35.5. The molecule has 0 aliphatic carbocycles. The number of hydrogen-bond acceptors (Lipinski definition) is 6. The van der Waals surface area contributed by atoms with Gasteiger partial charge in [-0.25, -0.2) is 9.59 Å². The van der Waals surface area contributed by atoms with E-state index in [4.69, 9.17) is 4.74 Å². The molecule has 0 radical (unpaired) electrons. The molecule has 1 aromatic rings. The lowest BCUT2D eigenvalue weighted by Gasteiger charge is -2.09. The Labute approximate surface area is 159 Å². The van der Waals surface area contributed by atoms with Crippen LogP contribution in [0.4, 0.5) is 0 Å². The van der Waals surface area contributed by atoms with Crippen molar-refractivity contribution in [3.63, 3.8) is 0 Å². The third-order valence-electron chi connectivity index (χ3n) is 3.49. The van der Waals surface area contributed by atoms with Gasteiger partial charge in [-0.2, -0.15) is 0 Å². The highest BCUT2D eigenvalue weighted by Gasteiger charge is 2.17. The number of rotatable bonds is 10. The number of thioether (sulfide) groups is 1. The Morgan fingerprint density at radius 2 is 1.58 bits per heavy atom. The Morgan fingerprint density at radius 3 is 2.12 bits per heavy atom. The maximum atomic E-state index is 12.1. The Bertz CT molecular complexity index is 647. The standard InChI is InChI=1S/C20H26O5S/c1-5-24-19(22)17(21)11-12-18(20(23)25-6-2)26-13-15-7-9-16(10-8-15)14(3)4/h7-10,12,14H,5-6,11,13H2,1-4H3. The number of hydrogen-bond donors (Lipinski definition) is 0. The topological polar surface area (TPSA) is 69.7 Å². The van der Waals surface area contributed by atoms with Gasteiger partial charge < -0.3 is 9.47 Å². The molecule has 0 N–H and O–H groups in total. The van der Waals surface area contributed by atoms with E-state index >= 15 is 0 Å². The van der Waals surface area contributed by atoms with E-state index < -0.39 is 17.7 Å². The fourth-order valence-electron chi connectivity index (χ4n) is 2.04. The average Bonchev–Trinajstić information content (AvgIpc) is 2.62. The summed E-state index contributed by atoms with van der Waals surface area (Å²) in [7, 11) is 0. The van der Waals surface area contributed by atoms with E-state index in [9.17, 15) is 14.4 Å². The van der Waals surface area contributed by atoms with E-state index in [1.165, 1.54) is 23.4 Å². The molecular weight excluding hydrogens is 352 g/mol. The lowest BCUT2D eigenvalue weighted by atomic mass is 10.0. The normalized spacial score (nSPS) is 11.3. The molecule has 0 bridgehead atoms. The highest BCUT2D eigenvalue weighted by Crippen LogP contribution is 2.24. The monoisotopic (exact) mass is 378 g/mol. The molecule has 0 heterocycles. The van der Waals surface area contributed by atoms with Crippen molar-refractivity contribution < 1.29 is 23.9 Å². The summed E-state index contributed by atoms with van der Waals surface area (Å²) in [6.45, 7) is 7.99. The number of esters is 2. The van der Waals surface area contributed by atoms with E-state index in [1.807, 2.05) is 12.1 Å². The molecule has 0 amide bonds. The van der Waals surface area contributed by atoms with Crippen molar-refractivity contribution in [1.82, 2.24) is 0 Å². The summed E-state index contributed by atoms with van der Waals surface area (Å²) >= 11 is 1.29. The molecule has 26 heavy (non-hydrogen) atoms. The van der Waals surface area contributed by atoms with Gasteiger partial charge in [0.05, 0.1) is 18.1 Å². The van der Waals surface area contributed by atoms with Crippen LogP contribution in [-0.4, -0.2) is 30.9 Å². The fraction of sp³-hybridized carbons (Fsp3) is 0.450. The van der Waals surface area contributed by atoms with E-state index in [0.29, 0.717) is 16.6 Å². The molecule has 5 nitrogen and oxygen atoms in total. The predicted molar refractivity (Wildman–Crippen MR) is 103 cm³/mol. The number of carbonyl (C=O) groups excluding carboxylic acids is 3. The van der Waals surface area contributed by atoms with E-state index in [-0.39, 0.29) is 19.6 Å². The minimum absolute atomic E-state index is 0.139. The molecule has 1 aromatic carbocycles. The highest BCUT2D eigenvalue weighted by atomic mass is 32.2. The second-order valence-electron chi connectivity index (χ2n) is 5.82. The van der Waals surface area contributed by atoms with Crippen LogP contribution < -0.4 is 0 Å². The Kier molecular flexibility index (Phi) is 9.73. The first-order valence-electron chi connectivity index (χ1n) is 8.67. The van der Waals surface area contributed by atoms with Crippen molar-refractivity contribution in [1.29, 1.82) is 0 Å². The van der Waals surface area contributed by atoms with Crippen LogP contribution in [-0.2, 0) is 29.6 Å².